The molecule has 3 N–H and O–H groups in total. The lowest BCUT2D eigenvalue weighted by Gasteiger charge is -2.26. The molecular formula is C36H37N10O4+. The summed E-state index contributed by atoms with van der Waals surface area (Å²) < 4.78 is 3.71. The lowest BCUT2D eigenvalue weighted by atomic mass is 10.2. The molecule has 6 aromatic rings. The van der Waals surface area contributed by atoms with Gasteiger partial charge in [0.1, 0.15) is 17.9 Å². The van der Waals surface area contributed by atoms with Crippen molar-refractivity contribution in [3.05, 3.63) is 155 Å². The van der Waals surface area contributed by atoms with Crippen LogP contribution in [0.1, 0.15) is 54.9 Å². The first-order chi connectivity index (χ1) is 24.4. The van der Waals surface area contributed by atoms with Gasteiger partial charge in [-0.05, 0) is 35.4 Å². The normalized spacial score (nSPS) is 11.3. The largest absolute Gasteiger partial charge is 0.477 e. The molecule has 0 atom stereocenters. The molecule has 0 aliphatic heterocycles. The number of aromatic amines is 1. The number of carboxylic acid groups (broad SMARTS) is 2. The zero-order chi connectivity index (χ0) is 34.7. The molecule has 0 fully saturated rings. The van der Waals surface area contributed by atoms with E-state index in [-0.39, 0.29) is 11.4 Å². The Hall–Kier alpha value is -6.12. The molecule has 0 saturated carbocycles. The van der Waals surface area contributed by atoms with Gasteiger partial charge in [-0.2, -0.15) is 4.68 Å². The summed E-state index contributed by atoms with van der Waals surface area (Å²) >= 11 is 0. The monoisotopic (exact) mass is 673 g/mol. The van der Waals surface area contributed by atoms with Crippen molar-refractivity contribution >= 4 is 11.9 Å². The van der Waals surface area contributed by atoms with E-state index in [2.05, 4.69) is 52.5 Å². The highest BCUT2D eigenvalue weighted by Gasteiger charge is 2.20. The molecule has 6 rings (SSSR count). The fourth-order valence-electron chi connectivity index (χ4n) is 5.56. The van der Waals surface area contributed by atoms with Crippen molar-refractivity contribution in [1.29, 1.82) is 0 Å². The average molecular weight is 674 g/mol. The second-order valence-corrected chi connectivity index (χ2v) is 11.9. The first-order valence-electron chi connectivity index (χ1n) is 16.1. The minimum Gasteiger partial charge on any atom is -0.477 e. The van der Waals surface area contributed by atoms with E-state index in [0.29, 0.717) is 63.7 Å². The number of H-pyrrole nitrogens is 1. The molecule has 0 saturated heterocycles. The fraction of sp³-hybridized carbons (Fsp3) is 0.222. The van der Waals surface area contributed by atoms with Crippen LogP contribution in [-0.2, 0) is 39.3 Å². The number of benzene rings is 2. The maximum atomic E-state index is 11.7. The summed E-state index contributed by atoms with van der Waals surface area (Å²) in [7, 11) is 0. The number of aromatic nitrogens is 8. The summed E-state index contributed by atoms with van der Waals surface area (Å²) in [6.45, 7) is 3.95. The topological polar surface area (TPSA) is 170 Å². The molecule has 0 spiro atoms. The third kappa shape index (κ3) is 9.71. The molecule has 50 heavy (non-hydrogen) atoms. The van der Waals surface area contributed by atoms with Gasteiger partial charge < -0.3 is 10.2 Å². The molecule has 254 valence electrons. The second kappa shape index (κ2) is 16.3. The van der Waals surface area contributed by atoms with Gasteiger partial charge in [0.05, 0.1) is 36.4 Å². The number of nitrogens with one attached hydrogen (secondary N) is 1. The van der Waals surface area contributed by atoms with E-state index in [1.54, 1.807) is 22.9 Å². The Kier molecular flexibility index (Phi) is 11.0. The lowest BCUT2D eigenvalue weighted by Crippen LogP contribution is -2.36. The number of nitrogens with zero attached hydrogens (tertiary/aromatic N) is 9. The minimum atomic E-state index is -1.09. The van der Waals surface area contributed by atoms with Gasteiger partial charge in [-0.1, -0.05) is 83.2 Å². The van der Waals surface area contributed by atoms with Crippen LogP contribution >= 0.6 is 0 Å². The van der Waals surface area contributed by atoms with Gasteiger partial charge in [0.2, 0.25) is 5.69 Å². The molecule has 0 aliphatic carbocycles. The third-order valence-electron chi connectivity index (χ3n) is 7.92. The maximum Gasteiger partial charge on any atom is 0.354 e. The standard InChI is InChI=1S/C36H36N10O4/c47-35(48)33-15-7-13-29(37-33)21-43(23-31-25-45(41-39-31)19-27-9-3-1-4-10-27)17-18-44(22-30-14-8-16-34(38-30)36(49)50)24-32-26-46(42-40-32)20-28-11-5-2-6-12-28/h1-16,25-26H,17-24H2,(H2,47,48,49,50)/p+1. The molecule has 0 amide bonds. The van der Waals surface area contributed by atoms with Crippen molar-refractivity contribution in [2.45, 2.75) is 39.3 Å². The van der Waals surface area contributed by atoms with Crippen molar-refractivity contribution in [1.82, 2.24) is 45.1 Å². The van der Waals surface area contributed by atoms with E-state index in [0.717, 1.165) is 22.5 Å². The molecule has 0 radical (unpaired) electrons. The van der Waals surface area contributed by atoms with Gasteiger partial charge in [0.15, 0.2) is 6.20 Å². The zero-order valence-corrected chi connectivity index (χ0v) is 27.3. The number of carboxylic acids is 2. The van der Waals surface area contributed by atoms with Crippen molar-refractivity contribution in [2.24, 2.45) is 0 Å². The Morgan fingerprint density at radius 3 is 1.78 bits per heavy atom. The summed E-state index contributed by atoms with van der Waals surface area (Å²) in [6, 6.07) is 30.0. The van der Waals surface area contributed by atoms with Crippen LogP contribution in [0, 0.1) is 0 Å². The SMILES string of the molecule is O=C(O)c1cccc(CN(CCN(Cc2c[n+](Cc3ccccc3)[nH]n2)Cc2cccc(C(=O)O)n2)Cc2cn(Cc3ccccc3)nn2)n1. The molecule has 4 heterocycles. The molecule has 0 aliphatic rings. The molecule has 2 aromatic carbocycles. The van der Waals surface area contributed by atoms with Gasteiger partial charge in [0.25, 0.3) is 0 Å². The van der Waals surface area contributed by atoms with Crippen LogP contribution in [0.4, 0.5) is 0 Å². The predicted molar refractivity (Wildman–Crippen MR) is 181 cm³/mol. The van der Waals surface area contributed by atoms with Crippen molar-refractivity contribution in [3.63, 3.8) is 0 Å². The summed E-state index contributed by atoms with van der Waals surface area (Å²) in [5.41, 5.74) is 4.99. The quantitative estimate of drug-likeness (QED) is 0.121. The third-order valence-corrected chi connectivity index (χ3v) is 7.92. The number of pyridine rings is 2. The van der Waals surface area contributed by atoms with E-state index in [1.807, 2.05) is 71.7 Å². The summed E-state index contributed by atoms with van der Waals surface area (Å²) in [4.78, 5) is 36.3. The number of hydrogen-bond donors (Lipinski definition) is 3. The number of aromatic carboxylic acids is 2. The Morgan fingerprint density at radius 1 is 0.660 bits per heavy atom. The minimum absolute atomic E-state index is 0.0208. The van der Waals surface area contributed by atoms with Crippen LogP contribution in [0.3, 0.4) is 0 Å². The zero-order valence-electron chi connectivity index (χ0n) is 27.3. The smallest absolute Gasteiger partial charge is 0.354 e. The summed E-state index contributed by atoms with van der Waals surface area (Å²) in [5.74, 6) is -2.18. The highest BCUT2D eigenvalue weighted by molar-refractivity contribution is 5.85. The fourth-order valence-corrected chi connectivity index (χ4v) is 5.56. The number of rotatable bonds is 17. The first kappa shape index (κ1) is 33.8. The van der Waals surface area contributed by atoms with Gasteiger partial charge in [-0.3, -0.25) is 9.80 Å². The van der Waals surface area contributed by atoms with Crippen LogP contribution in [0.15, 0.2) is 109 Å². The van der Waals surface area contributed by atoms with Crippen LogP contribution in [0.2, 0.25) is 0 Å². The van der Waals surface area contributed by atoms with E-state index >= 15 is 0 Å². The van der Waals surface area contributed by atoms with E-state index in [4.69, 9.17) is 0 Å². The molecule has 14 heteroatoms. The maximum absolute atomic E-state index is 11.7. The second-order valence-electron chi connectivity index (χ2n) is 11.9. The van der Waals surface area contributed by atoms with E-state index in [1.165, 1.54) is 12.1 Å². The Bertz CT molecular complexity index is 1870. The average Bonchev–Trinajstić information content (AvgIpc) is 3.76. The Morgan fingerprint density at radius 2 is 1.20 bits per heavy atom. The molecule has 0 bridgehead atoms. The number of hydrogen-bond acceptors (Lipinski definition) is 9. The highest BCUT2D eigenvalue weighted by Crippen LogP contribution is 2.13. The van der Waals surface area contributed by atoms with Crippen molar-refractivity contribution in [3.8, 4) is 0 Å². The summed E-state index contributed by atoms with van der Waals surface area (Å²) in [6.07, 6.45) is 3.88. The van der Waals surface area contributed by atoms with Crippen molar-refractivity contribution < 1.29 is 24.5 Å². The Balaban J connectivity index is 1.21. The summed E-state index contributed by atoms with van der Waals surface area (Å²) in [5, 5.41) is 35.5. The van der Waals surface area contributed by atoms with E-state index in [9.17, 15) is 19.8 Å². The highest BCUT2D eigenvalue weighted by atomic mass is 16.4. The van der Waals surface area contributed by atoms with Gasteiger partial charge in [-0.25, -0.2) is 24.2 Å². The van der Waals surface area contributed by atoms with Gasteiger partial charge >= 0.3 is 11.9 Å². The van der Waals surface area contributed by atoms with Crippen LogP contribution in [0.25, 0.3) is 0 Å². The van der Waals surface area contributed by atoms with E-state index < -0.39 is 11.9 Å². The lowest BCUT2D eigenvalue weighted by molar-refractivity contribution is -0.746. The van der Waals surface area contributed by atoms with Gasteiger partial charge in [0, 0.05) is 37.8 Å². The van der Waals surface area contributed by atoms with Crippen LogP contribution in [0.5, 0.6) is 0 Å². The molecule has 4 aromatic heterocycles. The van der Waals surface area contributed by atoms with Gasteiger partial charge in [-0.15, -0.1) is 5.10 Å². The Labute approximate surface area is 288 Å². The molecule has 14 nitrogen and oxygen atoms in total. The number of carbonyl (C=O) groups is 2. The molecular weight excluding hydrogens is 636 g/mol. The van der Waals surface area contributed by atoms with Crippen molar-refractivity contribution in [2.75, 3.05) is 13.1 Å². The molecule has 0 unspecified atom stereocenters. The predicted octanol–water partition coefficient (Wildman–Crippen LogP) is 3.28. The van der Waals surface area contributed by atoms with Crippen LogP contribution in [-0.4, -0.2) is 80.3 Å². The first-order valence-corrected chi connectivity index (χ1v) is 16.1. The van der Waals surface area contributed by atoms with Crippen LogP contribution < -0.4 is 4.68 Å².